The van der Waals surface area contributed by atoms with E-state index in [1.54, 1.807) is 48.5 Å². The minimum atomic E-state index is -0.751. The lowest BCUT2D eigenvalue weighted by molar-refractivity contribution is -0.155. The Hall–Kier alpha value is -2.99. The number of benzene rings is 1. The van der Waals surface area contributed by atoms with Crippen molar-refractivity contribution in [2.24, 2.45) is 17.8 Å². The summed E-state index contributed by atoms with van der Waals surface area (Å²) in [6.07, 6.45) is 0.891. The standard InChI is InChI=1S/C15H19NO3.C13H21NO5.C8H13NO3.C2H6O.CH2Cl2.CH4.B.2ClH/c1-2-19-15(18)13-8-9-16(11-14(13)17)10-12-6-4-3-5-7-12;1-5-18-11(16)9-6-7-14(8-10(9)15)12(17)19-13(2,3)4;1-2-12-8(11)6-3-4-9-5-7(6)10;1-2-3;2-1-3;;;;/h3-7,13H,2,8-11H2,1H3;9H,5-8H2,1-4H3;6,9H,2-5H2,1H3;3H,2H2,1H3;1H2;1H4;;2*1H. The lowest BCUT2D eigenvalue weighted by atomic mass is 9.95. The number of halogens is 4. The zero-order valence-corrected chi connectivity index (χ0v) is 38.4. The molecule has 3 radical (unpaired) electrons. The summed E-state index contributed by atoms with van der Waals surface area (Å²) in [5, 5.41) is 10.7. The largest absolute Gasteiger partial charge is 0.465 e. The van der Waals surface area contributed by atoms with E-state index in [1.807, 2.05) is 30.3 Å². The summed E-state index contributed by atoms with van der Waals surface area (Å²) in [5.74, 6) is -3.46. The number of nitrogens with one attached hydrogen (secondary N) is 1. The number of esters is 3. The second-order valence-electron chi connectivity index (χ2n) is 13.4. The molecule has 15 nitrogen and oxygen atoms in total. The smallest absolute Gasteiger partial charge is 0.410 e. The van der Waals surface area contributed by atoms with Crippen molar-refractivity contribution in [1.82, 2.24) is 15.1 Å². The van der Waals surface area contributed by atoms with Gasteiger partial charge in [-0.1, -0.05) is 37.8 Å². The van der Waals surface area contributed by atoms with E-state index in [2.05, 4.69) is 10.2 Å². The number of likely N-dealkylation sites (tertiary alicyclic amines) is 2. The van der Waals surface area contributed by atoms with Gasteiger partial charge in [0.1, 0.15) is 23.4 Å². The van der Waals surface area contributed by atoms with Crippen molar-refractivity contribution in [3.8, 4) is 0 Å². The highest BCUT2D eigenvalue weighted by molar-refractivity contribution is 6.40. The van der Waals surface area contributed by atoms with Crippen molar-refractivity contribution in [3.63, 3.8) is 0 Å². The molecule has 0 aromatic heterocycles. The van der Waals surface area contributed by atoms with Crippen molar-refractivity contribution < 1.29 is 57.6 Å². The number of ketones is 3. The number of ether oxygens (including phenoxy) is 4. The zero-order valence-electron chi connectivity index (χ0n) is 35.2. The van der Waals surface area contributed by atoms with Crippen LogP contribution in [0.25, 0.3) is 0 Å². The van der Waals surface area contributed by atoms with Gasteiger partial charge in [-0.25, -0.2) is 4.79 Å². The second-order valence-corrected chi connectivity index (χ2v) is 14.2. The molecule has 3 saturated heterocycles. The molecule has 0 saturated carbocycles. The van der Waals surface area contributed by atoms with Crippen LogP contribution in [0.5, 0.6) is 0 Å². The summed E-state index contributed by atoms with van der Waals surface area (Å²) in [5.41, 5.74) is 0.586. The number of aliphatic hydroxyl groups excluding tert-OH is 1. The van der Waals surface area contributed by atoms with E-state index in [4.69, 9.17) is 47.3 Å². The summed E-state index contributed by atoms with van der Waals surface area (Å²) in [6.45, 7) is 16.4. The Balaban J connectivity index is -0.000000233. The van der Waals surface area contributed by atoms with Crippen LogP contribution in [0.2, 0.25) is 0 Å². The van der Waals surface area contributed by atoms with Crippen molar-refractivity contribution >= 4 is 97.8 Å². The number of piperidine rings is 3. The van der Waals surface area contributed by atoms with E-state index in [0.29, 0.717) is 45.7 Å². The van der Waals surface area contributed by atoms with Crippen LogP contribution in [0, 0.1) is 17.8 Å². The molecule has 3 heterocycles. The van der Waals surface area contributed by atoms with Crippen LogP contribution in [-0.4, -0.2) is 141 Å². The lowest BCUT2D eigenvalue weighted by Gasteiger charge is -2.31. The zero-order chi connectivity index (χ0) is 42.7. The van der Waals surface area contributed by atoms with E-state index in [1.165, 1.54) is 10.5 Å². The minimum absolute atomic E-state index is 0. The molecule has 3 aliphatic heterocycles. The molecular formula is C40H67BCl4N3O12. The monoisotopic (exact) mass is 932 g/mol. The molecule has 0 bridgehead atoms. The average Bonchev–Trinajstić information content (AvgIpc) is 3.13. The highest BCUT2D eigenvalue weighted by Crippen LogP contribution is 2.20. The molecule has 4 rings (SSSR count). The molecular weight excluding hydrogens is 867 g/mol. The van der Waals surface area contributed by atoms with E-state index < -0.39 is 35.4 Å². The molecule has 345 valence electrons. The molecule has 2 N–H and O–H groups in total. The maximum Gasteiger partial charge on any atom is 0.410 e. The van der Waals surface area contributed by atoms with Crippen molar-refractivity contribution in [3.05, 3.63) is 35.9 Å². The van der Waals surface area contributed by atoms with Gasteiger partial charge in [0.2, 0.25) is 0 Å². The third-order valence-corrected chi connectivity index (χ3v) is 7.84. The highest BCUT2D eigenvalue weighted by Gasteiger charge is 2.37. The van der Waals surface area contributed by atoms with Gasteiger partial charge in [0, 0.05) is 34.7 Å². The van der Waals surface area contributed by atoms with Gasteiger partial charge in [0.25, 0.3) is 0 Å². The molecule has 1 amide bonds. The van der Waals surface area contributed by atoms with Gasteiger partial charge in [-0.2, -0.15) is 0 Å². The molecule has 3 unspecified atom stereocenters. The fourth-order valence-electron chi connectivity index (χ4n) is 5.38. The number of aliphatic hydroxyl groups is 1. The van der Waals surface area contributed by atoms with E-state index in [9.17, 15) is 33.6 Å². The summed E-state index contributed by atoms with van der Waals surface area (Å²) in [4.78, 5) is 84.4. The number of Topliss-reactive ketones (excluding diaryl/α,β-unsaturated/α-hetero) is 3. The maximum absolute atomic E-state index is 12.0. The fourth-order valence-corrected chi connectivity index (χ4v) is 5.38. The molecule has 3 aliphatic rings. The van der Waals surface area contributed by atoms with Gasteiger partial charge >= 0.3 is 24.0 Å². The summed E-state index contributed by atoms with van der Waals surface area (Å²) in [7, 11) is 0. The van der Waals surface area contributed by atoms with Crippen LogP contribution in [0.4, 0.5) is 4.79 Å². The predicted octanol–water partition coefficient (Wildman–Crippen LogP) is 5.26. The third-order valence-electron chi connectivity index (χ3n) is 7.84. The molecule has 0 aliphatic carbocycles. The Morgan fingerprint density at radius 1 is 0.750 bits per heavy atom. The van der Waals surface area contributed by atoms with Gasteiger partial charge in [-0.3, -0.25) is 33.7 Å². The molecule has 60 heavy (non-hydrogen) atoms. The fraction of sp³-hybridized carbons (Fsp3) is 0.675. The van der Waals surface area contributed by atoms with Gasteiger partial charge < -0.3 is 34.3 Å². The van der Waals surface area contributed by atoms with Crippen molar-refractivity contribution in [1.29, 1.82) is 0 Å². The summed E-state index contributed by atoms with van der Waals surface area (Å²) in [6, 6.07) is 10.0. The lowest BCUT2D eigenvalue weighted by Crippen LogP contribution is -2.48. The SMILES string of the molecule is C.CCO.CCOC(=O)C1CCN(C(=O)OC(C)(C)C)CC1=O.CCOC(=O)C1CCN(Cc2ccccc2)CC1=O.CCOC(=O)C1CCNCC1=O.Cl.Cl.ClCCl.[B]. The highest BCUT2D eigenvalue weighted by atomic mass is 35.5. The van der Waals surface area contributed by atoms with Crippen LogP contribution in [0.3, 0.4) is 0 Å². The van der Waals surface area contributed by atoms with Crippen LogP contribution in [0.1, 0.15) is 80.7 Å². The molecule has 0 spiro atoms. The van der Waals surface area contributed by atoms with Crippen LogP contribution < -0.4 is 5.32 Å². The Labute approximate surface area is 381 Å². The van der Waals surface area contributed by atoms with Gasteiger partial charge in [0.15, 0.2) is 17.3 Å². The Bertz CT molecular complexity index is 1370. The number of nitrogens with zero attached hydrogens (tertiary/aromatic N) is 2. The van der Waals surface area contributed by atoms with E-state index >= 15 is 0 Å². The van der Waals surface area contributed by atoms with E-state index in [-0.39, 0.29) is 101 Å². The first kappa shape index (κ1) is 66.1. The summed E-state index contributed by atoms with van der Waals surface area (Å²) >= 11 is 9.53. The van der Waals surface area contributed by atoms with Gasteiger partial charge in [-0.05, 0) is 79.8 Å². The Morgan fingerprint density at radius 3 is 1.55 bits per heavy atom. The predicted molar refractivity (Wildman–Crippen MR) is 238 cm³/mol. The number of rotatable bonds is 8. The molecule has 3 fully saturated rings. The quantitative estimate of drug-likeness (QED) is 0.113. The number of hydrogen-bond donors (Lipinski definition) is 2. The van der Waals surface area contributed by atoms with E-state index in [0.717, 1.165) is 19.6 Å². The van der Waals surface area contributed by atoms with Crippen LogP contribution in [-0.2, 0) is 54.3 Å². The molecule has 1 aromatic rings. The van der Waals surface area contributed by atoms with Gasteiger partial charge in [-0.15, -0.1) is 48.0 Å². The van der Waals surface area contributed by atoms with Crippen LogP contribution in [0.15, 0.2) is 30.3 Å². The maximum atomic E-state index is 12.0. The molecule has 3 atom stereocenters. The normalized spacial score (nSPS) is 18.1. The Morgan fingerprint density at radius 2 is 1.17 bits per heavy atom. The third kappa shape index (κ3) is 27.8. The number of amides is 1. The molecule has 1 aromatic carbocycles. The first-order valence-corrected chi connectivity index (χ1v) is 19.9. The van der Waals surface area contributed by atoms with Crippen LogP contribution >= 0.6 is 48.0 Å². The first-order valence-electron chi connectivity index (χ1n) is 18.8. The topological polar surface area (TPSA) is 195 Å². The average molecular weight is 935 g/mol. The molecule has 20 heteroatoms. The first-order chi connectivity index (χ1) is 26.5. The minimum Gasteiger partial charge on any atom is -0.465 e. The van der Waals surface area contributed by atoms with Gasteiger partial charge in [0.05, 0.1) is 44.8 Å². The number of alkyl halides is 2. The van der Waals surface area contributed by atoms with Crippen molar-refractivity contribution in [2.75, 3.05) is 71.0 Å². The number of hydrogen-bond acceptors (Lipinski definition) is 14. The number of carbonyl (C=O) groups excluding carboxylic acids is 7. The van der Waals surface area contributed by atoms with Crippen molar-refractivity contribution in [2.45, 2.75) is 87.3 Å². The summed E-state index contributed by atoms with van der Waals surface area (Å²) < 4.78 is 19.7. The number of carbonyl (C=O) groups is 7. The second kappa shape index (κ2) is 37.8. The Kier molecular flexibility index (Phi) is 41.6.